The van der Waals surface area contributed by atoms with E-state index in [1.807, 2.05) is 0 Å². The highest BCUT2D eigenvalue weighted by atomic mass is 35.5. The van der Waals surface area contributed by atoms with E-state index in [2.05, 4.69) is 0 Å². The summed E-state index contributed by atoms with van der Waals surface area (Å²) in [5.74, 6) is -0.120. The fourth-order valence-corrected chi connectivity index (χ4v) is 2.17. The van der Waals surface area contributed by atoms with Crippen LogP contribution in [0.1, 0.15) is 0 Å². The average molecular weight is 186 g/mol. The zero-order chi connectivity index (χ0) is 7.02. The van der Waals surface area contributed by atoms with Gasteiger partial charge in [-0.15, -0.1) is 11.6 Å². The van der Waals surface area contributed by atoms with Gasteiger partial charge in [0.15, 0.2) is 16.0 Å². The lowest BCUT2D eigenvalue weighted by atomic mass is 10.4. The Morgan fingerprint density at radius 1 is 1.67 bits per heavy atom. The van der Waals surface area contributed by atoms with Crippen LogP contribution in [-0.2, 0) is 4.79 Å². The van der Waals surface area contributed by atoms with Gasteiger partial charge in [-0.25, -0.2) is 4.31 Å². The summed E-state index contributed by atoms with van der Waals surface area (Å²) in [7, 11) is 1.74. The van der Waals surface area contributed by atoms with Crippen LogP contribution in [0.25, 0.3) is 0 Å². The third kappa shape index (κ3) is 1.34. The minimum atomic E-state index is -0.544. The quantitative estimate of drug-likeness (QED) is 0.323. The molecule has 1 aliphatic heterocycles. The number of nitrogens with zero attached hydrogens (tertiary/aromatic N) is 1. The molecule has 0 radical (unpaired) electrons. The molecular formula is C4H5Cl2NOS. The van der Waals surface area contributed by atoms with Crippen LogP contribution < -0.4 is 0 Å². The molecule has 1 rings (SSSR count). The Kier molecular flexibility index (Phi) is 2.27. The zero-order valence-corrected chi connectivity index (χ0v) is 7.00. The number of alkyl halides is 2. The molecule has 1 aliphatic rings. The monoisotopic (exact) mass is 185 g/mol. The number of ketones is 1. The van der Waals surface area contributed by atoms with Crippen molar-refractivity contribution < 1.29 is 4.79 Å². The first-order valence-electron chi connectivity index (χ1n) is 2.34. The number of carbonyl (C=O) groups is 1. The van der Waals surface area contributed by atoms with Crippen LogP contribution in [0.15, 0.2) is 0 Å². The molecule has 0 aromatic heterocycles. The molecule has 0 spiro atoms. The molecular weight excluding hydrogens is 181 g/mol. The summed E-state index contributed by atoms with van der Waals surface area (Å²) in [6.45, 7) is 0. The summed E-state index contributed by atoms with van der Waals surface area (Å²) in [6.07, 6.45) is 0. The lowest BCUT2D eigenvalue weighted by molar-refractivity contribution is -0.117. The molecule has 5 heteroatoms. The maximum absolute atomic E-state index is 10.8. The highest BCUT2D eigenvalue weighted by Gasteiger charge is 2.36. The van der Waals surface area contributed by atoms with Crippen LogP contribution in [0.5, 0.6) is 0 Å². The molecule has 1 heterocycles. The Bertz CT molecular complexity index is 143. The Morgan fingerprint density at radius 2 is 2.22 bits per heavy atom. The molecule has 0 saturated carbocycles. The zero-order valence-electron chi connectivity index (χ0n) is 4.67. The minimum absolute atomic E-state index is 0.120. The van der Waals surface area contributed by atoms with Crippen LogP contribution in [0.2, 0.25) is 0 Å². The van der Waals surface area contributed by atoms with E-state index in [1.54, 1.807) is 11.4 Å². The van der Waals surface area contributed by atoms with Gasteiger partial charge in [0.2, 0.25) is 0 Å². The third-order valence-corrected chi connectivity index (χ3v) is 3.07. The summed E-state index contributed by atoms with van der Waals surface area (Å²) in [5, 5.41) is 0. The molecule has 2 nitrogen and oxygen atoms in total. The first-order valence-corrected chi connectivity index (χ1v) is 4.05. The summed E-state index contributed by atoms with van der Waals surface area (Å²) in [5.41, 5.74) is -0.544. The normalized spacial score (nSPS) is 37.9. The maximum Gasteiger partial charge on any atom is 0.195 e. The predicted molar refractivity (Wildman–Crippen MR) is 39.6 cm³/mol. The van der Waals surface area contributed by atoms with Crippen molar-refractivity contribution >= 4 is 40.9 Å². The minimum Gasteiger partial charge on any atom is -0.294 e. The second kappa shape index (κ2) is 2.66. The van der Waals surface area contributed by atoms with Gasteiger partial charge in [-0.1, -0.05) is 11.6 Å². The molecule has 0 aromatic carbocycles. The number of hydrogen-bond donors (Lipinski definition) is 0. The van der Waals surface area contributed by atoms with Gasteiger partial charge in [0.25, 0.3) is 0 Å². The standard InChI is InChI=1S/C4H5Cl2NOS/c1-7-3(5)2(8)4(6)9-7/h3-4H,1H3. The van der Waals surface area contributed by atoms with E-state index in [9.17, 15) is 4.79 Å². The van der Waals surface area contributed by atoms with Crippen LogP contribution in [0.4, 0.5) is 0 Å². The van der Waals surface area contributed by atoms with E-state index >= 15 is 0 Å². The van der Waals surface area contributed by atoms with Crippen molar-refractivity contribution in [3.8, 4) is 0 Å². The number of Topliss-reactive ketones (excluding diaryl/α,β-unsaturated/α-hetero) is 1. The van der Waals surface area contributed by atoms with Crippen molar-refractivity contribution in [1.82, 2.24) is 4.31 Å². The van der Waals surface area contributed by atoms with Gasteiger partial charge < -0.3 is 0 Å². The van der Waals surface area contributed by atoms with E-state index in [4.69, 9.17) is 23.2 Å². The lowest BCUT2D eigenvalue weighted by Gasteiger charge is -2.06. The van der Waals surface area contributed by atoms with Gasteiger partial charge >= 0.3 is 0 Å². The SMILES string of the molecule is CN1SC(Cl)C(=O)C1Cl. The Labute approximate surface area is 67.6 Å². The fourth-order valence-electron chi connectivity index (χ4n) is 0.539. The van der Waals surface area contributed by atoms with Crippen LogP contribution in [0.3, 0.4) is 0 Å². The van der Waals surface area contributed by atoms with Gasteiger partial charge in [0.05, 0.1) is 0 Å². The number of rotatable bonds is 0. The predicted octanol–water partition coefficient (Wildman–Crippen LogP) is 1.28. The van der Waals surface area contributed by atoms with Crippen molar-refractivity contribution in [3.05, 3.63) is 0 Å². The lowest BCUT2D eigenvalue weighted by Crippen LogP contribution is -2.21. The van der Waals surface area contributed by atoms with E-state index in [-0.39, 0.29) is 5.78 Å². The smallest absolute Gasteiger partial charge is 0.195 e. The Morgan fingerprint density at radius 3 is 2.33 bits per heavy atom. The summed E-state index contributed by atoms with van der Waals surface area (Å²) in [6, 6.07) is 0. The van der Waals surface area contributed by atoms with E-state index in [0.29, 0.717) is 0 Å². The number of likely N-dealkylation sites (N-methyl/N-ethyl adjacent to an activating group) is 1. The molecule has 2 atom stereocenters. The van der Waals surface area contributed by atoms with E-state index in [0.717, 1.165) is 0 Å². The van der Waals surface area contributed by atoms with Crippen LogP contribution in [-0.4, -0.2) is 27.3 Å². The molecule has 0 bridgehead atoms. The van der Waals surface area contributed by atoms with Gasteiger partial charge in [0.1, 0.15) is 0 Å². The largest absolute Gasteiger partial charge is 0.294 e. The second-order valence-corrected chi connectivity index (χ2v) is 4.07. The molecule has 0 N–H and O–H groups in total. The molecule has 0 aliphatic carbocycles. The molecule has 0 amide bonds. The summed E-state index contributed by atoms with van der Waals surface area (Å²) < 4.78 is 1.15. The number of carbonyl (C=O) groups excluding carboxylic acids is 1. The molecule has 0 aromatic rings. The van der Waals surface area contributed by atoms with Crippen molar-refractivity contribution in [2.45, 2.75) is 10.2 Å². The second-order valence-electron chi connectivity index (χ2n) is 1.71. The van der Waals surface area contributed by atoms with E-state index in [1.165, 1.54) is 11.9 Å². The molecule has 1 saturated heterocycles. The number of hydrogen-bond acceptors (Lipinski definition) is 3. The van der Waals surface area contributed by atoms with Gasteiger partial charge in [-0.05, 0) is 19.0 Å². The van der Waals surface area contributed by atoms with Gasteiger partial charge in [-0.2, -0.15) is 0 Å². The fraction of sp³-hybridized carbons (Fsp3) is 0.750. The molecule has 9 heavy (non-hydrogen) atoms. The molecule has 2 unspecified atom stereocenters. The number of halogens is 2. The highest BCUT2D eigenvalue weighted by molar-refractivity contribution is 8.00. The highest BCUT2D eigenvalue weighted by Crippen LogP contribution is 2.33. The topological polar surface area (TPSA) is 20.3 Å². The van der Waals surface area contributed by atoms with E-state index < -0.39 is 10.2 Å². The van der Waals surface area contributed by atoms with Crippen molar-refractivity contribution in [2.24, 2.45) is 0 Å². The van der Waals surface area contributed by atoms with Crippen molar-refractivity contribution in [3.63, 3.8) is 0 Å². The van der Waals surface area contributed by atoms with Crippen LogP contribution in [0, 0.1) is 0 Å². The first-order chi connectivity index (χ1) is 4.13. The Balaban J connectivity index is 2.65. The third-order valence-electron chi connectivity index (χ3n) is 1.04. The molecule has 1 fully saturated rings. The maximum atomic E-state index is 10.8. The first kappa shape index (κ1) is 7.66. The summed E-state index contributed by atoms with van der Waals surface area (Å²) >= 11 is 12.4. The van der Waals surface area contributed by atoms with Gasteiger partial charge in [0, 0.05) is 0 Å². The van der Waals surface area contributed by atoms with Crippen LogP contribution >= 0.6 is 35.1 Å². The summed E-state index contributed by atoms with van der Waals surface area (Å²) in [4.78, 5) is 10.8. The Hall–Kier alpha value is 0.560. The van der Waals surface area contributed by atoms with Gasteiger partial charge in [-0.3, -0.25) is 4.79 Å². The van der Waals surface area contributed by atoms with Crippen molar-refractivity contribution in [1.29, 1.82) is 0 Å². The molecule has 52 valence electrons. The average Bonchev–Trinajstić information content (AvgIpc) is 1.98. The van der Waals surface area contributed by atoms with Crippen molar-refractivity contribution in [2.75, 3.05) is 7.05 Å².